The molecule has 0 unspecified atom stereocenters. The zero-order valence-corrected chi connectivity index (χ0v) is 15.4. The number of hydrogen-bond acceptors (Lipinski definition) is 4. The molecular weight excluding hydrogens is 334 g/mol. The molecule has 0 radical (unpaired) electrons. The molecule has 0 fully saturated rings. The van der Waals surface area contributed by atoms with E-state index in [1.165, 1.54) is 11.3 Å². The van der Waals surface area contributed by atoms with E-state index in [1.807, 2.05) is 18.2 Å². The lowest BCUT2D eigenvalue weighted by atomic mass is 10.2. The summed E-state index contributed by atoms with van der Waals surface area (Å²) in [4.78, 5) is 2.19. The topological polar surface area (TPSA) is 45.8 Å². The summed E-state index contributed by atoms with van der Waals surface area (Å²) in [6.45, 7) is 4.86. The van der Waals surface area contributed by atoms with Crippen molar-refractivity contribution in [2.45, 2.75) is 6.92 Å². The molecule has 1 aliphatic rings. The molecule has 2 aromatic carbocycles. The van der Waals surface area contributed by atoms with Gasteiger partial charge in [-0.15, -0.1) is 0 Å². The lowest BCUT2D eigenvalue weighted by Gasteiger charge is -2.21. The van der Waals surface area contributed by atoms with Crippen LogP contribution in [0.3, 0.4) is 0 Å². The lowest BCUT2D eigenvalue weighted by molar-refractivity contribution is 0.171. The molecule has 1 aliphatic heterocycles. The molecule has 0 atom stereocenters. The van der Waals surface area contributed by atoms with Crippen LogP contribution in [0.1, 0.15) is 5.56 Å². The van der Waals surface area contributed by atoms with Crippen molar-refractivity contribution in [3.63, 3.8) is 0 Å². The molecule has 0 amide bonds. The Morgan fingerprint density at radius 3 is 2.56 bits per heavy atom. The molecule has 25 heavy (non-hydrogen) atoms. The molecule has 0 aliphatic carbocycles. The Morgan fingerprint density at radius 1 is 1.08 bits per heavy atom. The third kappa shape index (κ3) is 4.76. The van der Waals surface area contributed by atoms with Crippen molar-refractivity contribution in [2.75, 3.05) is 43.6 Å². The number of thiocarbonyl (C=S) groups is 1. The molecular formula is C19H23N3O2S. The summed E-state index contributed by atoms with van der Waals surface area (Å²) in [5.41, 5.74) is 3.34. The number of benzene rings is 2. The number of nitrogens with zero attached hydrogens (tertiary/aromatic N) is 1. The maximum absolute atomic E-state index is 5.58. The highest BCUT2D eigenvalue weighted by atomic mass is 32.1. The van der Waals surface area contributed by atoms with Gasteiger partial charge in [0.2, 0.25) is 0 Å². The van der Waals surface area contributed by atoms with Crippen molar-refractivity contribution in [1.82, 2.24) is 5.32 Å². The van der Waals surface area contributed by atoms with Crippen molar-refractivity contribution in [1.29, 1.82) is 0 Å². The number of fused-ring (bicyclic) bond motifs is 1. The second-order valence-corrected chi connectivity index (χ2v) is 6.40. The first-order valence-electron chi connectivity index (χ1n) is 8.34. The molecule has 0 aromatic heterocycles. The van der Waals surface area contributed by atoms with E-state index in [1.54, 1.807) is 0 Å². The summed E-state index contributed by atoms with van der Waals surface area (Å²) < 4.78 is 11.1. The first-order valence-corrected chi connectivity index (χ1v) is 8.75. The summed E-state index contributed by atoms with van der Waals surface area (Å²) in [6, 6.07) is 14.2. The number of likely N-dealkylation sites (N-methyl/N-ethyl adjacent to an activating group) is 1. The Hall–Kier alpha value is -2.47. The van der Waals surface area contributed by atoms with Crippen LogP contribution < -0.4 is 25.0 Å². The molecule has 1 heterocycles. The predicted molar refractivity (Wildman–Crippen MR) is 106 cm³/mol. The Kier molecular flexibility index (Phi) is 5.60. The molecule has 132 valence electrons. The maximum Gasteiger partial charge on any atom is 0.170 e. The van der Waals surface area contributed by atoms with Crippen molar-refractivity contribution >= 4 is 28.7 Å². The fourth-order valence-corrected chi connectivity index (χ4v) is 2.78. The smallest absolute Gasteiger partial charge is 0.170 e. The molecule has 6 heteroatoms. The standard InChI is InChI=1S/C19H23N3O2S/c1-14-3-6-16(7-4-14)22(2)10-9-20-19(25)21-15-5-8-17-18(13-15)24-12-11-23-17/h3-8,13H,9-12H2,1-2H3,(H2,20,21,25). The highest BCUT2D eigenvalue weighted by Gasteiger charge is 2.12. The largest absolute Gasteiger partial charge is 0.486 e. The van der Waals surface area contributed by atoms with Crippen molar-refractivity contribution < 1.29 is 9.47 Å². The zero-order chi connectivity index (χ0) is 17.6. The third-order valence-corrected chi connectivity index (χ3v) is 4.25. The number of hydrogen-bond donors (Lipinski definition) is 2. The molecule has 0 spiro atoms. The molecule has 5 nitrogen and oxygen atoms in total. The van der Waals surface area contributed by atoms with Crippen LogP contribution in [-0.2, 0) is 0 Å². The van der Waals surface area contributed by atoms with E-state index in [0.717, 1.165) is 30.3 Å². The lowest BCUT2D eigenvalue weighted by Crippen LogP contribution is -2.35. The van der Waals surface area contributed by atoms with Crippen LogP contribution in [0.15, 0.2) is 42.5 Å². The molecule has 3 rings (SSSR count). The third-order valence-electron chi connectivity index (χ3n) is 4.01. The summed E-state index contributed by atoms with van der Waals surface area (Å²) >= 11 is 5.36. The summed E-state index contributed by atoms with van der Waals surface area (Å²) in [5, 5.41) is 7.00. The van der Waals surface area contributed by atoms with Gasteiger partial charge in [-0.05, 0) is 43.4 Å². The molecule has 0 saturated carbocycles. The number of nitrogens with one attached hydrogen (secondary N) is 2. The minimum atomic E-state index is 0.574. The van der Waals surface area contributed by atoms with Crippen LogP contribution in [0, 0.1) is 6.92 Å². The number of aryl methyl sites for hydroxylation is 1. The summed E-state index contributed by atoms with van der Waals surface area (Å²) in [5.74, 6) is 1.52. The monoisotopic (exact) mass is 357 g/mol. The van der Waals surface area contributed by atoms with E-state index in [9.17, 15) is 0 Å². The molecule has 0 bridgehead atoms. The van der Waals surface area contributed by atoms with Crippen LogP contribution in [0.4, 0.5) is 11.4 Å². The van der Waals surface area contributed by atoms with E-state index < -0.39 is 0 Å². The quantitative estimate of drug-likeness (QED) is 0.802. The number of anilines is 2. The van der Waals surface area contributed by atoms with Gasteiger partial charge >= 0.3 is 0 Å². The highest BCUT2D eigenvalue weighted by molar-refractivity contribution is 7.80. The van der Waals surface area contributed by atoms with Crippen LogP contribution in [-0.4, -0.2) is 38.5 Å². The highest BCUT2D eigenvalue weighted by Crippen LogP contribution is 2.32. The molecule has 2 N–H and O–H groups in total. The van der Waals surface area contributed by atoms with Gasteiger partial charge in [-0.2, -0.15) is 0 Å². The normalized spacial score (nSPS) is 12.4. The van der Waals surface area contributed by atoms with Gasteiger partial charge in [-0.25, -0.2) is 0 Å². The first kappa shape index (κ1) is 17.4. The van der Waals surface area contributed by atoms with Gasteiger partial charge in [0.25, 0.3) is 0 Å². The van der Waals surface area contributed by atoms with Gasteiger partial charge in [0.1, 0.15) is 13.2 Å². The van der Waals surface area contributed by atoms with Crippen LogP contribution >= 0.6 is 12.2 Å². The Balaban J connectivity index is 1.45. The summed E-state index contributed by atoms with van der Waals surface area (Å²) in [6.07, 6.45) is 0. The van der Waals surface area contributed by atoms with E-state index in [0.29, 0.717) is 18.3 Å². The van der Waals surface area contributed by atoms with Crippen LogP contribution in [0.2, 0.25) is 0 Å². The Bertz CT molecular complexity index is 734. The molecule has 2 aromatic rings. The minimum absolute atomic E-state index is 0.574. The fourth-order valence-electron chi connectivity index (χ4n) is 2.56. The molecule has 0 saturated heterocycles. The second-order valence-electron chi connectivity index (χ2n) is 6.00. The Morgan fingerprint density at radius 2 is 1.80 bits per heavy atom. The van der Waals surface area contributed by atoms with Crippen molar-refractivity contribution in [3.8, 4) is 11.5 Å². The van der Waals surface area contributed by atoms with Gasteiger partial charge < -0.3 is 25.0 Å². The predicted octanol–water partition coefficient (Wildman–Crippen LogP) is 3.19. The van der Waals surface area contributed by atoms with Crippen molar-refractivity contribution in [3.05, 3.63) is 48.0 Å². The van der Waals surface area contributed by atoms with E-state index in [4.69, 9.17) is 21.7 Å². The number of rotatable bonds is 5. The maximum atomic E-state index is 5.58. The van der Waals surface area contributed by atoms with Crippen LogP contribution in [0.5, 0.6) is 11.5 Å². The van der Waals surface area contributed by atoms with E-state index in [-0.39, 0.29) is 0 Å². The minimum Gasteiger partial charge on any atom is -0.486 e. The van der Waals surface area contributed by atoms with Gasteiger partial charge in [0.15, 0.2) is 16.6 Å². The SMILES string of the molecule is Cc1ccc(N(C)CCNC(=S)Nc2ccc3c(c2)OCCO3)cc1. The Labute approximate surface area is 153 Å². The van der Waals surface area contributed by atoms with Gasteiger partial charge in [-0.3, -0.25) is 0 Å². The number of ether oxygens (including phenoxy) is 2. The first-order chi connectivity index (χ1) is 12.1. The van der Waals surface area contributed by atoms with E-state index >= 15 is 0 Å². The zero-order valence-electron chi connectivity index (χ0n) is 14.5. The average Bonchev–Trinajstić information content (AvgIpc) is 2.62. The van der Waals surface area contributed by atoms with E-state index in [2.05, 4.69) is 53.8 Å². The summed E-state index contributed by atoms with van der Waals surface area (Å²) in [7, 11) is 2.07. The van der Waals surface area contributed by atoms with Crippen molar-refractivity contribution in [2.24, 2.45) is 0 Å². The van der Waals surface area contributed by atoms with Gasteiger partial charge in [0.05, 0.1) is 0 Å². The fraction of sp³-hybridized carbons (Fsp3) is 0.316. The van der Waals surface area contributed by atoms with Crippen LogP contribution in [0.25, 0.3) is 0 Å². The van der Waals surface area contributed by atoms with Gasteiger partial charge in [0, 0.05) is 37.6 Å². The van der Waals surface area contributed by atoms with Gasteiger partial charge in [-0.1, -0.05) is 17.7 Å². The second kappa shape index (κ2) is 8.07. The average molecular weight is 357 g/mol.